The maximum Gasteiger partial charge on any atom is 0.345 e. The lowest BCUT2D eigenvalue weighted by atomic mass is 9.90. The summed E-state index contributed by atoms with van der Waals surface area (Å²) in [7, 11) is -2.27. The van der Waals surface area contributed by atoms with E-state index in [1.165, 1.54) is 0 Å². The Bertz CT molecular complexity index is 206. The Balaban J connectivity index is 4.33. The monoisotopic (exact) mass is 220 g/mol. The molecule has 0 radical (unpaired) electrons. The molecule has 0 aliphatic carbocycles. The molecule has 0 amide bonds. The number of carbonyl (C=O) groups excluding carboxylic acids is 1. The van der Waals surface area contributed by atoms with Gasteiger partial charge in [-0.3, -0.25) is 4.79 Å². The van der Waals surface area contributed by atoms with Gasteiger partial charge in [0.05, 0.1) is 5.41 Å². The van der Waals surface area contributed by atoms with Crippen LogP contribution in [0.4, 0.5) is 0 Å². The maximum atomic E-state index is 11.6. The van der Waals surface area contributed by atoms with E-state index in [4.69, 9.17) is 15.5 Å². The summed E-state index contributed by atoms with van der Waals surface area (Å²) in [5.74, 6) is -0.237. The Kier molecular flexibility index (Phi) is 4.19. The first-order valence-electron chi connectivity index (χ1n) is 4.22. The van der Waals surface area contributed by atoms with Crippen molar-refractivity contribution < 1.29 is 9.22 Å². The van der Waals surface area contributed by atoms with Gasteiger partial charge in [0.15, 0.2) is 0 Å². The number of hydrogen-bond donors (Lipinski definition) is 0. The van der Waals surface area contributed by atoms with E-state index in [1.54, 1.807) is 19.2 Å². The smallest absolute Gasteiger partial charge is 0.345 e. The Morgan fingerprint density at radius 3 is 2.38 bits per heavy atom. The van der Waals surface area contributed by atoms with Crippen LogP contribution in [-0.4, -0.2) is 13.6 Å². The van der Waals surface area contributed by atoms with Gasteiger partial charge >= 0.3 is 7.63 Å². The summed E-state index contributed by atoms with van der Waals surface area (Å²) in [5.41, 5.74) is -0.513. The Morgan fingerprint density at radius 1 is 1.62 bits per heavy atom. The summed E-state index contributed by atoms with van der Waals surface area (Å²) in [6, 6.07) is 0. The van der Waals surface area contributed by atoms with E-state index in [2.05, 4.69) is 6.58 Å². The second-order valence-electron chi connectivity index (χ2n) is 4.13. The Labute approximate surface area is 85.8 Å². The number of halogens is 1. The molecule has 0 rings (SSSR count). The van der Waals surface area contributed by atoms with Gasteiger partial charge in [0.1, 0.15) is 0 Å². The largest absolute Gasteiger partial charge is 0.504 e. The molecule has 0 N–H and O–H groups in total. The predicted octanol–water partition coefficient (Wildman–Crippen LogP) is 3.07. The molecule has 0 spiro atoms. The summed E-state index contributed by atoms with van der Waals surface area (Å²) in [6.07, 6.45) is 2.32. The molecule has 0 aliphatic heterocycles. The van der Waals surface area contributed by atoms with Crippen LogP contribution < -0.4 is 0 Å². The third-order valence-corrected chi connectivity index (χ3v) is 2.44. The third kappa shape index (κ3) is 5.11. The van der Waals surface area contributed by atoms with Crippen molar-refractivity contribution in [2.45, 2.75) is 33.4 Å². The first kappa shape index (κ1) is 12.7. The summed E-state index contributed by atoms with van der Waals surface area (Å²) in [4.78, 5) is 11.6. The van der Waals surface area contributed by atoms with E-state index < -0.39 is 13.0 Å². The topological polar surface area (TPSA) is 26.3 Å². The van der Waals surface area contributed by atoms with E-state index >= 15 is 0 Å². The van der Waals surface area contributed by atoms with Crippen LogP contribution in [-0.2, 0) is 9.22 Å². The highest BCUT2D eigenvalue weighted by Crippen LogP contribution is 2.25. The van der Waals surface area contributed by atoms with Gasteiger partial charge in [0.25, 0.3) is 5.97 Å². The molecule has 0 saturated carbocycles. The highest BCUT2D eigenvalue weighted by atomic mass is 35.6. The normalized spacial score (nSPS) is 12.4. The van der Waals surface area contributed by atoms with Crippen molar-refractivity contribution in [3.8, 4) is 0 Å². The molecule has 0 unspecified atom stereocenters. The Hall–Kier alpha value is -0.283. The molecule has 0 aromatic carbocycles. The first-order valence-corrected chi connectivity index (χ1v) is 8.14. The molecular weight excluding hydrogens is 204 g/mol. The summed E-state index contributed by atoms with van der Waals surface area (Å²) in [5, 5.41) is 0. The minimum absolute atomic E-state index is 0.237. The minimum Gasteiger partial charge on any atom is -0.504 e. The standard InChI is InChI=1S/C9H17ClO2Si/c1-6-7-9(2,3)8(11)12-13(4,5)10/h6H,1,7H2,2-5H3. The van der Waals surface area contributed by atoms with Gasteiger partial charge in [-0.2, -0.15) is 0 Å². The highest BCUT2D eigenvalue weighted by molar-refractivity contribution is 7.15. The van der Waals surface area contributed by atoms with Gasteiger partial charge in [0, 0.05) is 0 Å². The number of carbonyl (C=O) groups is 1. The van der Waals surface area contributed by atoms with Crippen molar-refractivity contribution in [2.75, 3.05) is 0 Å². The fraction of sp³-hybridized carbons (Fsp3) is 0.667. The van der Waals surface area contributed by atoms with Crippen molar-refractivity contribution in [3.05, 3.63) is 12.7 Å². The summed E-state index contributed by atoms with van der Waals surface area (Å²) >= 11 is 5.90. The number of allylic oxidation sites excluding steroid dienone is 1. The van der Waals surface area contributed by atoms with Gasteiger partial charge in [-0.25, -0.2) is 0 Å². The van der Waals surface area contributed by atoms with Crippen molar-refractivity contribution in [1.82, 2.24) is 0 Å². The van der Waals surface area contributed by atoms with Crippen molar-refractivity contribution in [3.63, 3.8) is 0 Å². The molecule has 76 valence electrons. The molecule has 13 heavy (non-hydrogen) atoms. The summed E-state index contributed by atoms with van der Waals surface area (Å²) in [6.45, 7) is 10.8. The van der Waals surface area contributed by atoms with E-state index in [0.717, 1.165) is 0 Å². The average Bonchev–Trinajstić information content (AvgIpc) is 1.82. The molecule has 0 aromatic heterocycles. The van der Waals surface area contributed by atoms with Gasteiger partial charge in [-0.05, 0) is 33.4 Å². The van der Waals surface area contributed by atoms with Crippen molar-refractivity contribution in [2.24, 2.45) is 5.41 Å². The molecule has 0 aromatic rings. The number of rotatable bonds is 4. The Morgan fingerprint density at radius 2 is 2.08 bits per heavy atom. The van der Waals surface area contributed by atoms with Gasteiger partial charge in [0.2, 0.25) is 0 Å². The third-order valence-electron chi connectivity index (χ3n) is 1.54. The second-order valence-corrected chi connectivity index (χ2v) is 9.79. The van der Waals surface area contributed by atoms with E-state index in [0.29, 0.717) is 6.42 Å². The van der Waals surface area contributed by atoms with Crippen LogP contribution in [0.15, 0.2) is 12.7 Å². The zero-order chi connectivity index (χ0) is 10.7. The van der Waals surface area contributed by atoms with Crippen molar-refractivity contribution >= 4 is 24.7 Å². The first-order chi connectivity index (χ1) is 5.69. The van der Waals surface area contributed by atoms with Crippen LogP contribution in [0.3, 0.4) is 0 Å². The average molecular weight is 221 g/mol. The highest BCUT2D eigenvalue weighted by Gasteiger charge is 2.33. The molecule has 0 heterocycles. The van der Waals surface area contributed by atoms with Crippen molar-refractivity contribution in [1.29, 1.82) is 0 Å². The van der Waals surface area contributed by atoms with Gasteiger partial charge in [-0.1, -0.05) is 6.08 Å². The molecule has 0 aliphatic rings. The fourth-order valence-corrected chi connectivity index (χ4v) is 1.73. The lowest BCUT2D eigenvalue weighted by Gasteiger charge is -2.25. The fourth-order valence-electron chi connectivity index (χ4n) is 0.803. The van der Waals surface area contributed by atoms with Gasteiger partial charge < -0.3 is 4.43 Å². The lowest BCUT2D eigenvalue weighted by molar-refractivity contribution is -0.144. The quantitative estimate of drug-likeness (QED) is 0.414. The summed E-state index contributed by atoms with van der Waals surface area (Å²) < 4.78 is 5.17. The van der Waals surface area contributed by atoms with E-state index in [1.807, 2.05) is 13.8 Å². The SMILES string of the molecule is C=CCC(C)(C)C(=O)O[Si](C)(C)Cl. The number of hydrogen-bond acceptors (Lipinski definition) is 2. The maximum absolute atomic E-state index is 11.6. The van der Waals surface area contributed by atoms with Crippen LogP contribution in [0, 0.1) is 5.41 Å². The molecule has 2 nitrogen and oxygen atoms in total. The molecule has 0 bridgehead atoms. The lowest BCUT2D eigenvalue weighted by Crippen LogP contribution is -2.35. The predicted molar refractivity (Wildman–Crippen MR) is 58.0 cm³/mol. The zero-order valence-electron chi connectivity index (χ0n) is 8.69. The molecule has 4 heteroatoms. The van der Waals surface area contributed by atoms with Crippen LogP contribution in [0.2, 0.25) is 13.1 Å². The van der Waals surface area contributed by atoms with Crippen LogP contribution >= 0.6 is 11.1 Å². The molecule has 0 fully saturated rings. The second kappa shape index (κ2) is 4.29. The van der Waals surface area contributed by atoms with Crippen LogP contribution in [0.1, 0.15) is 20.3 Å². The van der Waals surface area contributed by atoms with E-state index in [9.17, 15) is 4.79 Å². The zero-order valence-corrected chi connectivity index (χ0v) is 10.4. The van der Waals surface area contributed by atoms with Crippen LogP contribution in [0.25, 0.3) is 0 Å². The van der Waals surface area contributed by atoms with Gasteiger partial charge in [-0.15, -0.1) is 17.7 Å². The minimum atomic E-state index is -2.27. The van der Waals surface area contributed by atoms with Crippen LogP contribution in [0.5, 0.6) is 0 Å². The molecule has 0 atom stereocenters. The molecule has 0 saturated heterocycles. The van der Waals surface area contributed by atoms with E-state index in [-0.39, 0.29) is 5.97 Å². The molecular formula is C9H17ClO2Si.